The first-order valence-corrected chi connectivity index (χ1v) is 8.39. The minimum Gasteiger partial charge on any atom is -0.493 e. The molecule has 0 saturated heterocycles. The second-order valence-electron chi connectivity index (χ2n) is 6.88. The number of hydrogen-bond donors (Lipinski definition) is 0. The lowest BCUT2D eigenvalue weighted by Gasteiger charge is -2.31. The normalized spacial score (nSPS) is 32.6. The molecule has 5 heteroatoms. The highest BCUT2D eigenvalue weighted by Crippen LogP contribution is 2.59. The number of benzene rings is 1. The summed E-state index contributed by atoms with van der Waals surface area (Å²) in [6, 6.07) is 5.65. The molecule has 1 saturated carbocycles. The Morgan fingerprint density at radius 2 is 2.08 bits per heavy atom. The summed E-state index contributed by atoms with van der Waals surface area (Å²) in [6.45, 7) is 6.02. The van der Waals surface area contributed by atoms with Crippen LogP contribution in [0.4, 0.5) is 0 Å². The van der Waals surface area contributed by atoms with Gasteiger partial charge in [0, 0.05) is 5.92 Å². The maximum absolute atomic E-state index is 13.2. The number of methoxy groups -OCH3 is 1. The monoisotopic (exact) mass is 340 g/mol. The van der Waals surface area contributed by atoms with Gasteiger partial charge in [-0.25, -0.2) is 0 Å². The lowest BCUT2D eigenvalue weighted by atomic mass is 9.71. The fraction of sp³-hybridized carbons (Fsp3) is 0.400. The minimum atomic E-state index is -0.743. The third-order valence-electron chi connectivity index (χ3n) is 5.85. The molecule has 130 valence electrons. The van der Waals surface area contributed by atoms with Crippen molar-refractivity contribution in [3.63, 3.8) is 0 Å². The Bertz CT molecular complexity index is 808. The molecule has 4 atom stereocenters. The van der Waals surface area contributed by atoms with Crippen LogP contribution in [-0.4, -0.2) is 25.5 Å². The molecule has 5 nitrogen and oxygen atoms in total. The Labute approximate surface area is 146 Å². The van der Waals surface area contributed by atoms with Crippen molar-refractivity contribution >= 4 is 11.6 Å². The first-order chi connectivity index (χ1) is 12.0. The van der Waals surface area contributed by atoms with Crippen LogP contribution in [0.2, 0.25) is 0 Å². The predicted octanol–water partition coefficient (Wildman–Crippen LogP) is 3.01. The second-order valence-corrected chi connectivity index (χ2v) is 6.88. The molecular weight excluding hydrogens is 320 g/mol. The molecular formula is C20H20O5. The Morgan fingerprint density at radius 3 is 2.80 bits per heavy atom. The molecule has 1 aliphatic heterocycles. The molecule has 0 N–H and O–H groups in total. The van der Waals surface area contributed by atoms with E-state index >= 15 is 0 Å². The molecule has 0 spiro atoms. The molecule has 0 amide bonds. The van der Waals surface area contributed by atoms with Gasteiger partial charge in [-0.3, -0.25) is 9.59 Å². The van der Waals surface area contributed by atoms with Crippen molar-refractivity contribution in [1.29, 1.82) is 0 Å². The Balaban J connectivity index is 1.84. The van der Waals surface area contributed by atoms with Crippen LogP contribution in [0.1, 0.15) is 24.8 Å². The number of allylic oxidation sites excluding steroid dienone is 3. The SMILES string of the molecule is C=CC[C@@]12C=C(OC)C(=O)[C@@H](C1=O)[C@@H](c1ccc3c(c1)OCO3)[C@@H]2C. The van der Waals surface area contributed by atoms with Gasteiger partial charge >= 0.3 is 0 Å². The quantitative estimate of drug-likeness (QED) is 0.623. The highest BCUT2D eigenvalue weighted by molar-refractivity contribution is 6.17. The van der Waals surface area contributed by atoms with E-state index in [1.54, 1.807) is 12.2 Å². The zero-order valence-electron chi connectivity index (χ0n) is 14.3. The smallest absolute Gasteiger partial charge is 0.231 e. The molecule has 2 aliphatic carbocycles. The zero-order chi connectivity index (χ0) is 17.8. The summed E-state index contributed by atoms with van der Waals surface area (Å²) in [5, 5.41) is 0. The summed E-state index contributed by atoms with van der Waals surface area (Å²) in [7, 11) is 1.47. The molecule has 1 fully saturated rings. The number of carbonyl (C=O) groups excluding carboxylic acids is 2. The van der Waals surface area contributed by atoms with Crippen molar-refractivity contribution in [3.05, 3.63) is 48.3 Å². The van der Waals surface area contributed by atoms with Crippen LogP contribution in [0, 0.1) is 17.3 Å². The van der Waals surface area contributed by atoms with E-state index in [-0.39, 0.29) is 36.0 Å². The Morgan fingerprint density at radius 1 is 1.32 bits per heavy atom. The standard InChI is InChI=1S/C20H20O5/c1-4-7-20-9-15(23-3)18(21)17(19(20)22)16(11(20)2)12-5-6-13-14(8-12)25-10-24-13/h4-6,8-9,11,16-17H,1,7,10H2,2-3H3/t11-,16+,17-,20-/m0/s1. The van der Waals surface area contributed by atoms with Gasteiger partial charge in [0.2, 0.25) is 12.6 Å². The van der Waals surface area contributed by atoms with Gasteiger partial charge in [0.1, 0.15) is 0 Å². The number of carbonyl (C=O) groups is 2. The fourth-order valence-electron chi connectivity index (χ4n) is 4.57. The summed E-state index contributed by atoms with van der Waals surface area (Å²) in [6.07, 6.45) is 3.95. The van der Waals surface area contributed by atoms with E-state index in [1.807, 2.05) is 25.1 Å². The van der Waals surface area contributed by atoms with Gasteiger partial charge in [-0.05, 0) is 36.1 Å². The topological polar surface area (TPSA) is 61.8 Å². The summed E-state index contributed by atoms with van der Waals surface area (Å²) in [4.78, 5) is 26.0. The van der Waals surface area contributed by atoms with E-state index < -0.39 is 11.3 Å². The number of rotatable bonds is 4. The van der Waals surface area contributed by atoms with Crippen LogP contribution in [0.25, 0.3) is 0 Å². The number of ketones is 2. The lowest BCUT2D eigenvalue weighted by Crippen LogP contribution is -2.38. The number of Topliss-reactive ketones (excluding diaryl/α,β-unsaturated/α-hetero) is 2. The maximum atomic E-state index is 13.2. The van der Waals surface area contributed by atoms with Crippen LogP contribution < -0.4 is 9.47 Å². The molecule has 25 heavy (non-hydrogen) atoms. The van der Waals surface area contributed by atoms with Gasteiger partial charge in [-0.1, -0.05) is 19.1 Å². The van der Waals surface area contributed by atoms with E-state index in [2.05, 4.69) is 6.58 Å². The lowest BCUT2D eigenvalue weighted by molar-refractivity contribution is -0.136. The first-order valence-electron chi connectivity index (χ1n) is 8.39. The second kappa shape index (κ2) is 5.48. The Hall–Kier alpha value is -2.56. The third-order valence-corrected chi connectivity index (χ3v) is 5.85. The third kappa shape index (κ3) is 2.01. The van der Waals surface area contributed by atoms with E-state index in [0.29, 0.717) is 17.9 Å². The molecule has 1 aromatic carbocycles. The van der Waals surface area contributed by atoms with Crippen molar-refractivity contribution in [2.45, 2.75) is 19.3 Å². The molecule has 1 heterocycles. The maximum Gasteiger partial charge on any atom is 0.231 e. The number of ether oxygens (including phenoxy) is 3. The van der Waals surface area contributed by atoms with Gasteiger partial charge in [0.15, 0.2) is 23.0 Å². The van der Waals surface area contributed by atoms with Crippen LogP contribution in [0.15, 0.2) is 42.7 Å². The van der Waals surface area contributed by atoms with Gasteiger partial charge in [-0.2, -0.15) is 0 Å². The molecule has 2 bridgehead atoms. The fourth-order valence-corrected chi connectivity index (χ4v) is 4.57. The van der Waals surface area contributed by atoms with Gasteiger partial charge in [0.05, 0.1) is 18.4 Å². The van der Waals surface area contributed by atoms with Crippen molar-refractivity contribution in [2.75, 3.05) is 13.9 Å². The van der Waals surface area contributed by atoms with E-state index in [0.717, 1.165) is 5.56 Å². The minimum absolute atomic E-state index is 0.0339. The molecule has 0 unspecified atom stereocenters. The van der Waals surface area contributed by atoms with Gasteiger partial charge in [-0.15, -0.1) is 6.58 Å². The van der Waals surface area contributed by atoms with Crippen LogP contribution in [0.5, 0.6) is 11.5 Å². The van der Waals surface area contributed by atoms with E-state index in [1.165, 1.54) is 7.11 Å². The predicted molar refractivity (Wildman–Crippen MR) is 90.3 cm³/mol. The average Bonchev–Trinajstić information content (AvgIpc) is 3.13. The number of fused-ring (bicyclic) bond motifs is 3. The van der Waals surface area contributed by atoms with E-state index in [9.17, 15) is 9.59 Å². The van der Waals surface area contributed by atoms with Crippen molar-refractivity contribution in [2.24, 2.45) is 17.3 Å². The molecule has 0 radical (unpaired) electrons. The first kappa shape index (κ1) is 15.9. The zero-order valence-corrected chi connectivity index (χ0v) is 14.3. The molecule has 1 aromatic rings. The van der Waals surface area contributed by atoms with Gasteiger partial charge < -0.3 is 14.2 Å². The van der Waals surface area contributed by atoms with Crippen molar-refractivity contribution in [1.82, 2.24) is 0 Å². The van der Waals surface area contributed by atoms with Crippen LogP contribution >= 0.6 is 0 Å². The van der Waals surface area contributed by atoms with Gasteiger partial charge in [0.25, 0.3) is 0 Å². The summed E-state index contributed by atoms with van der Waals surface area (Å²) in [5.74, 6) is 0.345. The van der Waals surface area contributed by atoms with E-state index in [4.69, 9.17) is 14.2 Å². The highest BCUT2D eigenvalue weighted by Gasteiger charge is 2.62. The summed E-state index contributed by atoms with van der Waals surface area (Å²) < 4.78 is 16.1. The number of hydrogen-bond acceptors (Lipinski definition) is 5. The molecule has 3 aliphatic rings. The van der Waals surface area contributed by atoms with Crippen LogP contribution in [0.3, 0.4) is 0 Å². The average molecular weight is 340 g/mol. The summed E-state index contributed by atoms with van der Waals surface area (Å²) >= 11 is 0. The van der Waals surface area contributed by atoms with Crippen molar-refractivity contribution < 1.29 is 23.8 Å². The highest BCUT2D eigenvalue weighted by atomic mass is 16.7. The Kier molecular flexibility index (Phi) is 3.49. The van der Waals surface area contributed by atoms with Crippen LogP contribution in [-0.2, 0) is 14.3 Å². The molecule has 4 rings (SSSR count). The molecule has 0 aromatic heterocycles. The van der Waals surface area contributed by atoms with Crippen molar-refractivity contribution in [3.8, 4) is 11.5 Å². The summed E-state index contributed by atoms with van der Waals surface area (Å²) in [5.41, 5.74) is 0.173. The largest absolute Gasteiger partial charge is 0.493 e.